The minimum absolute atomic E-state index is 0.372. The molecule has 0 amide bonds. The van der Waals surface area contributed by atoms with Gasteiger partial charge in [0.25, 0.3) is 0 Å². The highest BCUT2D eigenvalue weighted by Gasteiger charge is 2.23. The van der Waals surface area contributed by atoms with Crippen molar-refractivity contribution in [2.45, 2.75) is 39.5 Å². The van der Waals surface area contributed by atoms with Gasteiger partial charge in [0.05, 0.1) is 0 Å². The Bertz CT molecular complexity index is 226. The molecular weight excluding hydrogens is 156 g/mol. The topological polar surface area (TPSA) is 0 Å². The fourth-order valence-electron chi connectivity index (χ4n) is 1.85. The van der Waals surface area contributed by atoms with E-state index in [1.165, 1.54) is 18.4 Å². The van der Waals surface area contributed by atoms with Crippen LogP contribution >= 0.6 is 0 Å². The van der Waals surface area contributed by atoms with Crippen LogP contribution in [0.4, 0.5) is 0 Å². The summed E-state index contributed by atoms with van der Waals surface area (Å²) in [6, 6.07) is 0. The largest absolute Gasteiger partial charge is 0.103 e. The number of hydrogen-bond donors (Lipinski definition) is 0. The van der Waals surface area contributed by atoms with Crippen LogP contribution in [0.15, 0.2) is 36.5 Å². The first-order valence-corrected chi connectivity index (χ1v) is 5.28. The number of rotatable bonds is 5. The van der Waals surface area contributed by atoms with Gasteiger partial charge in [-0.15, -0.1) is 6.58 Å². The quantitative estimate of drug-likeness (QED) is 0.549. The zero-order valence-corrected chi connectivity index (χ0v) is 8.84. The molecule has 0 aromatic heterocycles. The van der Waals surface area contributed by atoms with Crippen LogP contribution < -0.4 is 0 Å². The van der Waals surface area contributed by atoms with Crippen LogP contribution in [0.25, 0.3) is 0 Å². The summed E-state index contributed by atoms with van der Waals surface area (Å²) in [5.74, 6) is 0. The minimum Gasteiger partial charge on any atom is -0.103 e. The van der Waals surface area contributed by atoms with E-state index in [9.17, 15) is 0 Å². The van der Waals surface area contributed by atoms with Crippen molar-refractivity contribution < 1.29 is 0 Å². The second-order valence-electron chi connectivity index (χ2n) is 3.82. The van der Waals surface area contributed by atoms with E-state index in [0.29, 0.717) is 5.41 Å². The number of allylic oxidation sites excluding steroid dienone is 5. The van der Waals surface area contributed by atoms with Crippen LogP contribution in [0.5, 0.6) is 0 Å². The van der Waals surface area contributed by atoms with E-state index >= 15 is 0 Å². The SMILES string of the molecule is C=CCCC1=CC(CC)(CC)C=C1. The Morgan fingerprint density at radius 3 is 2.54 bits per heavy atom. The summed E-state index contributed by atoms with van der Waals surface area (Å²) in [7, 11) is 0. The summed E-state index contributed by atoms with van der Waals surface area (Å²) in [5, 5.41) is 0. The summed E-state index contributed by atoms with van der Waals surface area (Å²) < 4.78 is 0. The molecule has 0 unspecified atom stereocenters. The van der Waals surface area contributed by atoms with Gasteiger partial charge in [0.15, 0.2) is 0 Å². The van der Waals surface area contributed by atoms with Crippen molar-refractivity contribution in [2.75, 3.05) is 0 Å². The lowest BCUT2D eigenvalue weighted by atomic mass is 9.84. The highest BCUT2D eigenvalue weighted by Crippen LogP contribution is 2.37. The van der Waals surface area contributed by atoms with Crippen LogP contribution in [-0.2, 0) is 0 Å². The molecule has 0 N–H and O–H groups in total. The third-order valence-electron chi connectivity index (χ3n) is 3.06. The van der Waals surface area contributed by atoms with Crippen molar-refractivity contribution in [3.8, 4) is 0 Å². The predicted octanol–water partition coefficient (Wildman–Crippen LogP) is 4.26. The van der Waals surface area contributed by atoms with E-state index in [2.05, 4.69) is 38.7 Å². The maximum Gasteiger partial charge on any atom is 0.00647 e. The first-order chi connectivity index (χ1) is 6.26. The molecule has 0 saturated carbocycles. The Labute approximate surface area is 82.0 Å². The number of hydrogen-bond acceptors (Lipinski definition) is 0. The Kier molecular flexibility index (Phi) is 3.53. The molecule has 0 fully saturated rings. The molecule has 0 heteroatoms. The van der Waals surface area contributed by atoms with Gasteiger partial charge in [-0.25, -0.2) is 0 Å². The van der Waals surface area contributed by atoms with E-state index in [1.807, 2.05) is 6.08 Å². The van der Waals surface area contributed by atoms with Gasteiger partial charge in [0.1, 0.15) is 0 Å². The minimum atomic E-state index is 0.372. The van der Waals surface area contributed by atoms with E-state index in [1.54, 1.807) is 0 Å². The molecule has 0 bridgehead atoms. The fourth-order valence-corrected chi connectivity index (χ4v) is 1.85. The van der Waals surface area contributed by atoms with Gasteiger partial charge < -0.3 is 0 Å². The molecule has 0 atom stereocenters. The molecule has 13 heavy (non-hydrogen) atoms. The van der Waals surface area contributed by atoms with Crippen molar-refractivity contribution in [3.63, 3.8) is 0 Å². The van der Waals surface area contributed by atoms with Crippen LogP contribution in [0.3, 0.4) is 0 Å². The summed E-state index contributed by atoms with van der Waals surface area (Å²) in [6.45, 7) is 8.28. The zero-order valence-electron chi connectivity index (χ0n) is 8.84. The molecule has 0 nitrogen and oxygen atoms in total. The van der Waals surface area contributed by atoms with Crippen LogP contribution in [-0.4, -0.2) is 0 Å². The maximum atomic E-state index is 3.75. The lowest BCUT2D eigenvalue weighted by molar-refractivity contribution is 0.461. The highest BCUT2D eigenvalue weighted by molar-refractivity contribution is 5.33. The average Bonchev–Trinajstić information content (AvgIpc) is 2.59. The Morgan fingerprint density at radius 2 is 2.08 bits per heavy atom. The van der Waals surface area contributed by atoms with Gasteiger partial charge in [0, 0.05) is 5.41 Å². The molecule has 0 spiro atoms. The monoisotopic (exact) mass is 176 g/mol. The fraction of sp³-hybridized carbons (Fsp3) is 0.538. The van der Waals surface area contributed by atoms with Crippen molar-refractivity contribution >= 4 is 0 Å². The average molecular weight is 176 g/mol. The second kappa shape index (κ2) is 4.45. The molecule has 1 aliphatic carbocycles. The summed E-state index contributed by atoms with van der Waals surface area (Å²) >= 11 is 0. The lowest BCUT2D eigenvalue weighted by Gasteiger charge is -2.20. The van der Waals surface area contributed by atoms with Crippen LogP contribution in [0.1, 0.15) is 39.5 Å². The molecule has 0 aromatic carbocycles. The summed E-state index contributed by atoms with van der Waals surface area (Å²) in [4.78, 5) is 0. The Hall–Kier alpha value is -0.780. The molecule has 72 valence electrons. The highest BCUT2D eigenvalue weighted by atomic mass is 14.3. The first-order valence-electron chi connectivity index (χ1n) is 5.28. The molecule has 0 aromatic rings. The zero-order chi connectivity index (χ0) is 9.73. The molecule has 0 heterocycles. The molecule has 1 aliphatic rings. The second-order valence-corrected chi connectivity index (χ2v) is 3.82. The van der Waals surface area contributed by atoms with E-state index in [4.69, 9.17) is 0 Å². The van der Waals surface area contributed by atoms with Crippen LogP contribution in [0, 0.1) is 5.41 Å². The van der Waals surface area contributed by atoms with Gasteiger partial charge in [-0.05, 0) is 25.7 Å². The third-order valence-corrected chi connectivity index (χ3v) is 3.06. The van der Waals surface area contributed by atoms with Gasteiger partial charge in [-0.3, -0.25) is 0 Å². The Balaban J connectivity index is 2.62. The third kappa shape index (κ3) is 2.33. The maximum absolute atomic E-state index is 3.75. The van der Waals surface area contributed by atoms with Gasteiger partial charge in [0.2, 0.25) is 0 Å². The van der Waals surface area contributed by atoms with Crippen molar-refractivity contribution in [2.24, 2.45) is 5.41 Å². The van der Waals surface area contributed by atoms with E-state index < -0.39 is 0 Å². The Morgan fingerprint density at radius 1 is 1.38 bits per heavy atom. The van der Waals surface area contributed by atoms with Crippen molar-refractivity contribution in [3.05, 3.63) is 36.5 Å². The van der Waals surface area contributed by atoms with Gasteiger partial charge >= 0.3 is 0 Å². The summed E-state index contributed by atoms with van der Waals surface area (Å²) in [5.41, 5.74) is 1.86. The molecule has 0 aliphatic heterocycles. The van der Waals surface area contributed by atoms with Crippen molar-refractivity contribution in [1.82, 2.24) is 0 Å². The molecular formula is C13H20. The summed E-state index contributed by atoms with van der Waals surface area (Å²) in [6.07, 6.45) is 13.8. The first kappa shape index (κ1) is 10.3. The molecule has 0 radical (unpaired) electrons. The normalized spacial score (nSPS) is 18.8. The standard InChI is InChI=1S/C13H20/c1-4-7-8-12-9-10-13(5-2,6-3)11-12/h4,9-11H,1,5-8H2,2-3H3. The smallest absolute Gasteiger partial charge is 0.00647 e. The molecule has 1 rings (SSSR count). The van der Waals surface area contributed by atoms with Crippen LogP contribution in [0.2, 0.25) is 0 Å². The lowest BCUT2D eigenvalue weighted by Crippen LogP contribution is -2.09. The van der Waals surface area contributed by atoms with Gasteiger partial charge in [-0.1, -0.05) is 43.7 Å². The van der Waals surface area contributed by atoms with Gasteiger partial charge in [-0.2, -0.15) is 0 Å². The van der Waals surface area contributed by atoms with E-state index in [-0.39, 0.29) is 0 Å². The predicted molar refractivity (Wildman–Crippen MR) is 59.7 cm³/mol. The van der Waals surface area contributed by atoms with Crippen molar-refractivity contribution in [1.29, 1.82) is 0 Å². The molecule has 0 saturated heterocycles. The van der Waals surface area contributed by atoms with E-state index in [0.717, 1.165) is 12.8 Å².